The maximum atomic E-state index is 13.6. The molecule has 0 aliphatic heterocycles. The van der Waals surface area contributed by atoms with Crippen LogP contribution in [-0.4, -0.2) is 0 Å². The number of aryl methyl sites for hydroxylation is 2. The van der Waals surface area contributed by atoms with Crippen LogP contribution >= 0.6 is 15.9 Å². The molecule has 2 aromatic carbocycles. The molecule has 2 aromatic rings. The molecule has 0 aliphatic rings. The minimum atomic E-state index is -0.482. The van der Waals surface area contributed by atoms with Crippen LogP contribution in [-0.2, 0) is 6.54 Å². The Morgan fingerprint density at radius 2 is 1.58 bits per heavy atom. The number of rotatable bonds is 3. The Morgan fingerprint density at radius 3 is 2.21 bits per heavy atom. The summed E-state index contributed by atoms with van der Waals surface area (Å²) in [5, 5.41) is 2.92. The Bertz CT molecular complexity index is 591. The van der Waals surface area contributed by atoms with Gasteiger partial charge in [0.15, 0.2) is 0 Å². The monoisotopic (exact) mass is 325 g/mol. The lowest BCUT2D eigenvalue weighted by atomic mass is 10.1. The maximum absolute atomic E-state index is 13.6. The molecule has 0 unspecified atom stereocenters. The average molecular weight is 326 g/mol. The van der Waals surface area contributed by atoms with Crippen LogP contribution in [0.5, 0.6) is 0 Å². The van der Waals surface area contributed by atoms with Crippen molar-refractivity contribution in [3.05, 3.63) is 63.1 Å². The molecule has 2 rings (SSSR count). The highest BCUT2D eigenvalue weighted by atomic mass is 79.9. The van der Waals surface area contributed by atoms with Gasteiger partial charge in [-0.3, -0.25) is 0 Å². The van der Waals surface area contributed by atoms with E-state index in [2.05, 4.69) is 27.3 Å². The van der Waals surface area contributed by atoms with Gasteiger partial charge in [0.05, 0.1) is 10.2 Å². The topological polar surface area (TPSA) is 12.0 Å². The summed E-state index contributed by atoms with van der Waals surface area (Å²) in [7, 11) is 0. The fourth-order valence-corrected chi connectivity index (χ4v) is 2.34. The van der Waals surface area contributed by atoms with E-state index in [1.807, 2.05) is 26.0 Å². The fourth-order valence-electron chi connectivity index (χ4n) is 2.03. The van der Waals surface area contributed by atoms with E-state index in [4.69, 9.17) is 0 Å². The predicted molar refractivity (Wildman–Crippen MR) is 77.3 cm³/mol. The van der Waals surface area contributed by atoms with Crippen molar-refractivity contribution in [3.8, 4) is 0 Å². The smallest absolute Gasteiger partial charge is 0.147 e. The zero-order chi connectivity index (χ0) is 14.0. The molecule has 0 aromatic heterocycles. The Morgan fingerprint density at radius 1 is 0.947 bits per heavy atom. The van der Waals surface area contributed by atoms with Crippen molar-refractivity contribution in [2.45, 2.75) is 20.4 Å². The molecule has 0 saturated carbocycles. The normalized spacial score (nSPS) is 10.6. The van der Waals surface area contributed by atoms with Crippen molar-refractivity contribution in [3.63, 3.8) is 0 Å². The first-order valence-electron chi connectivity index (χ1n) is 5.91. The van der Waals surface area contributed by atoms with Gasteiger partial charge in [-0.2, -0.15) is 0 Å². The van der Waals surface area contributed by atoms with Gasteiger partial charge in [-0.25, -0.2) is 8.78 Å². The zero-order valence-electron chi connectivity index (χ0n) is 10.7. The van der Waals surface area contributed by atoms with Crippen LogP contribution in [0.4, 0.5) is 14.5 Å². The molecule has 0 atom stereocenters. The summed E-state index contributed by atoms with van der Waals surface area (Å²) >= 11 is 2.95. The Balaban J connectivity index is 2.16. The van der Waals surface area contributed by atoms with Crippen LogP contribution in [0.3, 0.4) is 0 Å². The van der Waals surface area contributed by atoms with E-state index in [1.165, 1.54) is 0 Å². The van der Waals surface area contributed by atoms with E-state index in [0.29, 0.717) is 6.54 Å². The van der Waals surface area contributed by atoms with Crippen LogP contribution in [0.1, 0.15) is 16.7 Å². The van der Waals surface area contributed by atoms with Crippen molar-refractivity contribution >= 4 is 21.6 Å². The minimum Gasteiger partial charge on any atom is -0.379 e. The first-order valence-corrected chi connectivity index (χ1v) is 6.70. The second-order valence-electron chi connectivity index (χ2n) is 4.60. The van der Waals surface area contributed by atoms with Crippen LogP contribution in [0.15, 0.2) is 34.8 Å². The van der Waals surface area contributed by atoms with Crippen LogP contribution in [0.25, 0.3) is 0 Å². The first kappa shape index (κ1) is 14.0. The second-order valence-corrected chi connectivity index (χ2v) is 5.45. The molecular weight excluding hydrogens is 312 g/mol. The molecule has 0 spiro atoms. The molecule has 1 nitrogen and oxygen atoms in total. The Hall–Kier alpha value is -1.42. The summed E-state index contributed by atoms with van der Waals surface area (Å²) < 4.78 is 27.1. The first-order chi connectivity index (χ1) is 8.95. The van der Waals surface area contributed by atoms with Crippen LogP contribution in [0, 0.1) is 25.5 Å². The van der Waals surface area contributed by atoms with Gasteiger partial charge >= 0.3 is 0 Å². The van der Waals surface area contributed by atoms with Gasteiger partial charge in [-0.05, 0) is 41.4 Å². The molecule has 0 aliphatic carbocycles. The molecule has 0 amide bonds. The van der Waals surface area contributed by atoms with Crippen molar-refractivity contribution in [1.29, 1.82) is 0 Å². The lowest BCUT2D eigenvalue weighted by molar-refractivity contribution is 0.596. The van der Waals surface area contributed by atoms with Gasteiger partial charge in [-0.1, -0.05) is 29.3 Å². The van der Waals surface area contributed by atoms with Crippen LogP contribution < -0.4 is 5.32 Å². The minimum absolute atomic E-state index is 0.127. The molecule has 0 radical (unpaired) electrons. The summed E-state index contributed by atoms with van der Waals surface area (Å²) in [6.45, 7) is 4.48. The third-order valence-corrected chi connectivity index (χ3v) is 3.38. The highest BCUT2D eigenvalue weighted by Crippen LogP contribution is 2.24. The van der Waals surface area contributed by atoms with E-state index in [-0.39, 0.29) is 10.2 Å². The van der Waals surface area contributed by atoms with E-state index in [9.17, 15) is 8.78 Å². The maximum Gasteiger partial charge on any atom is 0.147 e. The van der Waals surface area contributed by atoms with E-state index in [0.717, 1.165) is 28.8 Å². The van der Waals surface area contributed by atoms with Crippen molar-refractivity contribution in [2.24, 2.45) is 0 Å². The molecule has 0 fully saturated rings. The molecular formula is C15H14BrF2N. The highest BCUT2D eigenvalue weighted by Gasteiger charge is 2.08. The standard InChI is InChI=1S/C15H14BrF2N/c1-9-3-10(2)5-11(4-9)8-19-15-7-13(17)12(16)6-14(15)18/h3-7,19H,8H2,1-2H3. The highest BCUT2D eigenvalue weighted by molar-refractivity contribution is 9.10. The average Bonchev–Trinajstić information content (AvgIpc) is 2.31. The molecule has 4 heteroatoms. The number of hydrogen-bond donors (Lipinski definition) is 1. The third-order valence-electron chi connectivity index (χ3n) is 2.77. The van der Waals surface area contributed by atoms with E-state index < -0.39 is 11.6 Å². The number of nitrogens with one attached hydrogen (secondary N) is 1. The van der Waals surface area contributed by atoms with Gasteiger partial charge in [0.25, 0.3) is 0 Å². The van der Waals surface area contributed by atoms with E-state index in [1.54, 1.807) is 0 Å². The quantitative estimate of drug-likeness (QED) is 0.787. The number of benzene rings is 2. The van der Waals surface area contributed by atoms with Gasteiger partial charge in [-0.15, -0.1) is 0 Å². The lowest BCUT2D eigenvalue weighted by Crippen LogP contribution is -2.03. The Kier molecular flexibility index (Phi) is 4.20. The zero-order valence-corrected chi connectivity index (χ0v) is 12.3. The predicted octanol–water partition coefficient (Wildman–Crippen LogP) is 4.96. The van der Waals surface area contributed by atoms with E-state index >= 15 is 0 Å². The summed E-state index contributed by atoms with van der Waals surface area (Å²) in [6.07, 6.45) is 0. The third kappa shape index (κ3) is 3.53. The van der Waals surface area contributed by atoms with Gasteiger partial charge in [0.2, 0.25) is 0 Å². The Labute approximate surface area is 119 Å². The van der Waals surface area contributed by atoms with Gasteiger partial charge < -0.3 is 5.32 Å². The molecule has 100 valence electrons. The number of anilines is 1. The molecule has 1 N–H and O–H groups in total. The van der Waals surface area contributed by atoms with Crippen molar-refractivity contribution < 1.29 is 8.78 Å². The summed E-state index contributed by atoms with van der Waals surface area (Å²) in [6, 6.07) is 8.39. The molecule has 0 heterocycles. The summed E-state index contributed by atoms with van der Waals surface area (Å²) in [5.74, 6) is -0.957. The number of halogens is 3. The van der Waals surface area contributed by atoms with Crippen molar-refractivity contribution in [1.82, 2.24) is 0 Å². The SMILES string of the molecule is Cc1cc(C)cc(CNc2cc(F)c(Br)cc2F)c1. The summed E-state index contributed by atoms with van der Waals surface area (Å²) in [5.41, 5.74) is 3.51. The number of hydrogen-bond acceptors (Lipinski definition) is 1. The molecule has 0 saturated heterocycles. The van der Waals surface area contributed by atoms with Crippen LogP contribution in [0.2, 0.25) is 0 Å². The fraction of sp³-hybridized carbons (Fsp3) is 0.200. The summed E-state index contributed by atoms with van der Waals surface area (Å²) in [4.78, 5) is 0. The molecule has 0 bridgehead atoms. The second kappa shape index (κ2) is 5.70. The van der Waals surface area contributed by atoms with Crippen molar-refractivity contribution in [2.75, 3.05) is 5.32 Å². The molecule has 19 heavy (non-hydrogen) atoms. The van der Waals surface area contributed by atoms with Gasteiger partial charge in [0, 0.05) is 12.6 Å². The lowest BCUT2D eigenvalue weighted by Gasteiger charge is -2.10. The largest absolute Gasteiger partial charge is 0.379 e. The van der Waals surface area contributed by atoms with Gasteiger partial charge in [0.1, 0.15) is 11.6 Å².